The summed E-state index contributed by atoms with van der Waals surface area (Å²) < 4.78 is 0. The van der Waals surface area contributed by atoms with Gasteiger partial charge in [-0.1, -0.05) is 38.1 Å². The van der Waals surface area contributed by atoms with E-state index in [2.05, 4.69) is 31.0 Å². The Hall–Kier alpha value is -1.19. The van der Waals surface area contributed by atoms with Gasteiger partial charge >= 0.3 is 0 Å². The summed E-state index contributed by atoms with van der Waals surface area (Å²) in [5, 5.41) is 10.4. The van der Waals surface area contributed by atoms with Crippen LogP contribution in [0.5, 0.6) is 0 Å². The van der Waals surface area contributed by atoms with E-state index in [0.717, 1.165) is 22.6 Å². The summed E-state index contributed by atoms with van der Waals surface area (Å²) in [4.78, 5) is 5.13. The Morgan fingerprint density at radius 3 is 2.72 bits per heavy atom. The fraction of sp³-hybridized carbons (Fsp3) is 0.400. The third kappa shape index (κ3) is 2.98. The number of nitrogens with zero attached hydrogens (tertiary/aromatic N) is 1. The lowest BCUT2D eigenvalue weighted by atomic mass is 9.98. The molecule has 1 heterocycles. The van der Waals surface area contributed by atoms with Crippen LogP contribution in [0.15, 0.2) is 29.8 Å². The minimum atomic E-state index is -0.551. The fourth-order valence-corrected chi connectivity index (χ4v) is 2.90. The van der Waals surface area contributed by atoms with Crippen LogP contribution in [0.2, 0.25) is 0 Å². The van der Waals surface area contributed by atoms with Crippen molar-refractivity contribution in [1.29, 1.82) is 0 Å². The molecule has 2 rings (SSSR count). The lowest BCUT2D eigenvalue weighted by Gasteiger charge is -2.12. The van der Waals surface area contributed by atoms with E-state index >= 15 is 0 Å². The fourth-order valence-electron chi connectivity index (χ4n) is 2.09. The number of aliphatic hydroxyl groups is 1. The quantitative estimate of drug-likeness (QED) is 0.909. The number of aliphatic hydroxyl groups excluding tert-OH is 1. The molecule has 96 valence electrons. The van der Waals surface area contributed by atoms with Gasteiger partial charge < -0.3 is 5.11 Å². The monoisotopic (exact) mass is 261 g/mol. The summed E-state index contributed by atoms with van der Waals surface area (Å²) >= 11 is 1.51. The van der Waals surface area contributed by atoms with E-state index in [1.165, 1.54) is 16.9 Å². The van der Waals surface area contributed by atoms with E-state index < -0.39 is 6.10 Å². The molecule has 0 aliphatic carbocycles. The van der Waals surface area contributed by atoms with E-state index in [1.54, 1.807) is 5.51 Å². The summed E-state index contributed by atoms with van der Waals surface area (Å²) in [5.74, 6) is 0.627. The highest BCUT2D eigenvalue weighted by molar-refractivity contribution is 7.09. The first-order valence-electron chi connectivity index (χ1n) is 6.25. The van der Waals surface area contributed by atoms with Gasteiger partial charge in [0, 0.05) is 0 Å². The van der Waals surface area contributed by atoms with E-state index in [9.17, 15) is 5.11 Å². The Morgan fingerprint density at radius 1 is 1.33 bits per heavy atom. The average molecular weight is 261 g/mol. The first-order valence-corrected chi connectivity index (χ1v) is 7.12. The Kier molecular flexibility index (Phi) is 4.15. The van der Waals surface area contributed by atoms with Gasteiger partial charge in [0.05, 0.1) is 16.1 Å². The largest absolute Gasteiger partial charge is 0.383 e. The van der Waals surface area contributed by atoms with Gasteiger partial charge in [-0.05, 0) is 30.4 Å². The number of aryl methyl sites for hydroxylation is 1. The number of benzene rings is 1. The van der Waals surface area contributed by atoms with Gasteiger partial charge in [-0.3, -0.25) is 0 Å². The van der Waals surface area contributed by atoms with E-state index in [4.69, 9.17) is 0 Å². The van der Waals surface area contributed by atoms with Crippen molar-refractivity contribution in [3.05, 3.63) is 51.5 Å². The number of hydrogen-bond acceptors (Lipinski definition) is 3. The van der Waals surface area contributed by atoms with Crippen LogP contribution in [0.1, 0.15) is 41.6 Å². The summed E-state index contributed by atoms with van der Waals surface area (Å²) in [6.45, 7) is 6.35. The molecule has 0 aliphatic rings. The normalized spacial score (nSPS) is 12.9. The molecule has 1 aromatic carbocycles. The van der Waals surface area contributed by atoms with Gasteiger partial charge in [-0.15, -0.1) is 11.3 Å². The molecule has 1 N–H and O–H groups in total. The molecule has 2 nitrogen and oxygen atoms in total. The van der Waals surface area contributed by atoms with E-state index in [1.807, 2.05) is 19.1 Å². The molecule has 1 unspecified atom stereocenters. The molecular weight excluding hydrogens is 242 g/mol. The minimum Gasteiger partial charge on any atom is -0.383 e. The van der Waals surface area contributed by atoms with E-state index in [0.29, 0.717) is 5.92 Å². The van der Waals surface area contributed by atoms with Crippen LogP contribution in [-0.4, -0.2) is 10.1 Å². The zero-order chi connectivity index (χ0) is 13.1. The van der Waals surface area contributed by atoms with E-state index in [-0.39, 0.29) is 0 Å². The molecular formula is C15H19NOS. The topological polar surface area (TPSA) is 33.1 Å². The summed E-state index contributed by atoms with van der Waals surface area (Å²) in [6, 6.07) is 8.22. The van der Waals surface area contributed by atoms with Crippen molar-refractivity contribution in [2.75, 3.05) is 0 Å². The average Bonchev–Trinajstić information content (AvgIpc) is 2.74. The Labute approximate surface area is 112 Å². The molecule has 0 bridgehead atoms. The highest BCUT2D eigenvalue weighted by atomic mass is 32.1. The van der Waals surface area contributed by atoms with Gasteiger partial charge in [-0.25, -0.2) is 4.98 Å². The molecule has 1 aromatic heterocycles. The zero-order valence-electron chi connectivity index (χ0n) is 11.1. The Balaban J connectivity index is 2.25. The summed E-state index contributed by atoms with van der Waals surface area (Å²) in [7, 11) is 0. The van der Waals surface area contributed by atoms with Crippen molar-refractivity contribution in [2.45, 2.75) is 33.3 Å². The molecule has 0 aliphatic heterocycles. The van der Waals surface area contributed by atoms with Crippen LogP contribution in [-0.2, 0) is 6.42 Å². The highest BCUT2D eigenvalue weighted by Crippen LogP contribution is 2.28. The molecule has 0 fully saturated rings. The maximum absolute atomic E-state index is 10.4. The molecule has 0 spiro atoms. The second-order valence-electron chi connectivity index (χ2n) is 5.05. The van der Waals surface area contributed by atoms with Crippen molar-refractivity contribution in [3.8, 4) is 0 Å². The van der Waals surface area contributed by atoms with Crippen molar-refractivity contribution in [1.82, 2.24) is 4.98 Å². The first kappa shape index (κ1) is 13.2. The lowest BCUT2D eigenvalue weighted by molar-refractivity contribution is 0.223. The molecule has 0 amide bonds. The highest BCUT2D eigenvalue weighted by Gasteiger charge is 2.15. The van der Waals surface area contributed by atoms with Crippen molar-refractivity contribution in [2.24, 2.45) is 5.92 Å². The number of thiazole rings is 1. The predicted octanol–water partition coefficient (Wildman–Crippen LogP) is 3.73. The SMILES string of the molecule is Cc1ncsc1C(O)c1cccc(CC(C)C)c1. The van der Waals surface area contributed by atoms with Crippen LogP contribution in [0.25, 0.3) is 0 Å². The number of rotatable bonds is 4. The number of hydrogen-bond donors (Lipinski definition) is 1. The zero-order valence-corrected chi connectivity index (χ0v) is 11.9. The second-order valence-corrected chi connectivity index (χ2v) is 5.93. The summed E-state index contributed by atoms with van der Waals surface area (Å²) in [5.41, 5.74) is 4.94. The van der Waals surface area contributed by atoms with Gasteiger partial charge in [0.2, 0.25) is 0 Å². The van der Waals surface area contributed by atoms with Crippen LogP contribution in [0.4, 0.5) is 0 Å². The van der Waals surface area contributed by atoms with Gasteiger partial charge in [-0.2, -0.15) is 0 Å². The van der Waals surface area contributed by atoms with Crippen molar-refractivity contribution in [3.63, 3.8) is 0 Å². The maximum Gasteiger partial charge on any atom is 0.115 e. The predicted molar refractivity (Wildman–Crippen MR) is 75.9 cm³/mol. The minimum absolute atomic E-state index is 0.551. The lowest BCUT2D eigenvalue weighted by Crippen LogP contribution is -2.01. The van der Waals surface area contributed by atoms with Crippen LogP contribution >= 0.6 is 11.3 Å². The first-order chi connectivity index (χ1) is 8.58. The number of aromatic nitrogens is 1. The molecule has 0 radical (unpaired) electrons. The Bertz CT molecular complexity index is 519. The standard InChI is InChI=1S/C15H19NOS/c1-10(2)7-12-5-4-6-13(8-12)14(17)15-11(3)16-9-18-15/h4-6,8-10,14,17H,7H2,1-3H3. The molecule has 1 atom stereocenters. The molecule has 2 aromatic rings. The van der Waals surface area contributed by atoms with Gasteiger partial charge in [0.1, 0.15) is 6.10 Å². The molecule has 18 heavy (non-hydrogen) atoms. The summed E-state index contributed by atoms with van der Waals surface area (Å²) in [6.07, 6.45) is 0.493. The van der Waals surface area contributed by atoms with Crippen molar-refractivity contribution < 1.29 is 5.11 Å². The molecule has 3 heteroatoms. The smallest absolute Gasteiger partial charge is 0.115 e. The van der Waals surface area contributed by atoms with Crippen LogP contribution in [0, 0.1) is 12.8 Å². The molecule has 0 saturated heterocycles. The Morgan fingerprint density at radius 2 is 2.11 bits per heavy atom. The van der Waals surface area contributed by atoms with Gasteiger partial charge in [0.15, 0.2) is 0 Å². The van der Waals surface area contributed by atoms with Crippen molar-refractivity contribution >= 4 is 11.3 Å². The van der Waals surface area contributed by atoms with Gasteiger partial charge in [0.25, 0.3) is 0 Å². The maximum atomic E-state index is 10.4. The van der Waals surface area contributed by atoms with Crippen LogP contribution < -0.4 is 0 Å². The molecule has 0 saturated carbocycles. The third-order valence-corrected chi connectivity index (χ3v) is 3.93. The third-order valence-electron chi connectivity index (χ3n) is 2.94. The second kappa shape index (κ2) is 5.63. The van der Waals surface area contributed by atoms with Crippen LogP contribution in [0.3, 0.4) is 0 Å².